The molecule has 0 unspecified atom stereocenters. The summed E-state index contributed by atoms with van der Waals surface area (Å²) in [6, 6.07) is 3.01. The average Bonchev–Trinajstić information content (AvgIpc) is 2.97. The van der Waals surface area contributed by atoms with Crippen LogP contribution in [0.15, 0.2) is 27.6 Å². The Bertz CT molecular complexity index is 546. The van der Waals surface area contributed by atoms with Crippen LogP contribution in [0.4, 0.5) is 0 Å². The third-order valence-electron chi connectivity index (χ3n) is 2.48. The van der Waals surface area contributed by atoms with Crippen LogP contribution in [0.1, 0.15) is 12.8 Å². The van der Waals surface area contributed by atoms with Gasteiger partial charge < -0.3 is 4.74 Å². The molecule has 0 N–H and O–H groups in total. The summed E-state index contributed by atoms with van der Waals surface area (Å²) in [6.45, 7) is 0. The number of aromatic nitrogens is 1. The highest BCUT2D eigenvalue weighted by Gasteiger charge is 2.47. The zero-order valence-corrected chi connectivity index (χ0v) is 8.57. The lowest BCUT2D eigenvalue weighted by atomic mass is 10.4. The highest BCUT2D eigenvalue weighted by atomic mass is 32.2. The van der Waals surface area contributed by atoms with Crippen molar-refractivity contribution < 1.29 is 13.2 Å². The fourth-order valence-electron chi connectivity index (χ4n) is 1.44. The molecule has 2 aliphatic rings. The van der Waals surface area contributed by atoms with Crippen LogP contribution in [0.3, 0.4) is 0 Å². The highest BCUT2D eigenvalue weighted by Crippen LogP contribution is 2.42. The molecule has 1 spiro atoms. The second-order valence-electron chi connectivity index (χ2n) is 3.68. The van der Waals surface area contributed by atoms with Crippen LogP contribution in [0, 0.1) is 0 Å². The van der Waals surface area contributed by atoms with Crippen molar-refractivity contribution in [1.82, 2.24) is 4.98 Å². The van der Waals surface area contributed by atoms with Crippen molar-refractivity contribution in [3.63, 3.8) is 0 Å². The van der Waals surface area contributed by atoms with Crippen molar-refractivity contribution in [3.8, 4) is 5.88 Å². The predicted molar refractivity (Wildman–Crippen MR) is 52.5 cm³/mol. The first-order valence-electron chi connectivity index (χ1n) is 4.57. The lowest BCUT2D eigenvalue weighted by molar-refractivity contribution is 0.238. The van der Waals surface area contributed by atoms with Gasteiger partial charge in [0.05, 0.1) is 6.21 Å². The van der Waals surface area contributed by atoms with Crippen LogP contribution in [-0.4, -0.2) is 25.2 Å². The molecule has 0 aromatic carbocycles. The van der Waals surface area contributed by atoms with Gasteiger partial charge in [-0.1, -0.05) is 0 Å². The number of hydrogen-bond acceptors (Lipinski definition) is 4. The Morgan fingerprint density at radius 3 is 2.93 bits per heavy atom. The SMILES string of the molecule is O=S1(=O)N=CC2(CC2)Oc2ncccc21. The lowest BCUT2D eigenvalue weighted by Crippen LogP contribution is -2.19. The summed E-state index contributed by atoms with van der Waals surface area (Å²) < 4.78 is 32.5. The van der Waals surface area contributed by atoms with E-state index in [1.165, 1.54) is 18.5 Å². The van der Waals surface area contributed by atoms with Gasteiger partial charge in [-0.05, 0) is 25.0 Å². The molecular weight excluding hydrogens is 216 g/mol. The topological polar surface area (TPSA) is 68.6 Å². The second kappa shape index (κ2) is 2.57. The summed E-state index contributed by atoms with van der Waals surface area (Å²) in [5.41, 5.74) is -0.521. The van der Waals surface area contributed by atoms with Gasteiger partial charge in [0.15, 0.2) is 4.90 Å². The summed E-state index contributed by atoms with van der Waals surface area (Å²) in [5, 5.41) is 0. The van der Waals surface area contributed by atoms with Crippen LogP contribution in [0.25, 0.3) is 0 Å². The van der Waals surface area contributed by atoms with E-state index in [1.54, 1.807) is 6.07 Å². The molecule has 78 valence electrons. The van der Waals surface area contributed by atoms with Gasteiger partial charge in [-0.2, -0.15) is 12.8 Å². The molecule has 15 heavy (non-hydrogen) atoms. The van der Waals surface area contributed by atoms with Crippen LogP contribution in [-0.2, 0) is 10.0 Å². The van der Waals surface area contributed by atoms with Crippen molar-refractivity contribution >= 4 is 16.2 Å². The molecule has 3 rings (SSSR count). The van der Waals surface area contributed by atoms with Gasteiger partial charge in [0.2, 0.25) is 5.88 Å². The van der Waals surface area contributed by atoms with E-state index in [1.807, 2.05) is 0 Å². The van der Waals surface area contributed by atoms with Gasteiger partial charge in [-0.15, -0.1) is 0 Å². The molecule has 0 saturated heterocycles. The average molecular weight is 224 g/mol. The standard InChI is InChI=1S/C9H8N2O3S/c12-15(13)7-2-1-5-10-8(7)14-9(3-4-9)6-11-15/h1-2,5-6H,3-4H2. The molecule has 1 aromatic heterocycles. The molecule has 1 fully saturated rings. The Labute approximate surface area is 86.9 Å². The Hall–Kier alpha value is -1.43. The maximum Gasteiger partial charge on any atom is 0.287 e. The summed E-state index contributed by atoms with van der Waals surface area (Å²) in [6.07, 6.45) is 4.48. The fourth-order valence-corrected chi connectivity index (χ4v) is 2.45. The van der Waals surface area contributed by atoms with Gasteiger partial charge in [-0.25, -0.2) is 4.98 Å². The molecule has 5 nitrogen and oxygen atoms in total. The first-order valence-corrected chi connectivity index (χ1v) is 6.01. The maximum atomic E-state index is 11.7. The number of hydrogen-bond donors (Lipinski definition) is 0. The molecule has 1 aromatic rings. The summed E-state index contributed by atoms with van der Waals surface area (Å²) >= 11 is 0. The first kappa shape index (κ1) is 8.84. The van der Waals surface area contributed by atoms with E-state index >= 15 is 0 Å². The molecule has 6 heteroatoms. The fraction of sp³-hybridized carbons (Fsp3) is 0.333. The zero-order chi connectivity index (χ0) is 10.5. The molecule has 2 heterocycles. The quantitative estimate of drug-likeness (QED) is 0.652. The van der Waals surface area contributed by atoms with Crippen molar-refractivity contribution in [2.75, 3.05) is 0 Å². The zero-order valence-electron chi connectivity index (χ0n) is 7.75. The number of nitrogens with zero attached hydrogens (tertiary/aromatic N) is 2. The molecule has 0 radical (unpaired) electrons. The van der Waals surface area contributed by atoms with Gasteiger partial charge in [0.1, 0.15) is 5.60 Å². The van der Waals surface area contributed by atoms with Crippen LogP contribution in [0.5, 0.6) is 5.88 Å². The number of ether oxygens (including phenoxy) is 1. The minimum Gasteiger partial charge on any atom is -0.464 e. The van der Waals surface area contributed by atoms with Gasteiger partial charge in [0, 0.05) is 6.20 Å². The molecule has 0 bridgehead atoms. The second-order valence-corrected chi connectivity index (χ2v) is 5.28. The Kier molecular flexibility index (Phi) is 1.52. The van der Waals surface area contributed by atoms with Crippen molar-refractivity contribution in [2.24, 2.45) is 4.40 Å². The van der Waals surface area contributed by atoms with E-state index in [9.17, 15) is 8.42 Å². The number of fused-ring (bicyclic) bond motifs is 1. The van der Waals surface area contributed by atoms with Gasteiger partial charge in [-0.3, -0.25) is 0 Å². The lowest BCUT2D eigenvalue weighted by Gasteiger charge is -2.10. The summed E-state index contributed by atoms with van der Waals surface area (Å²) in [7, 11) is -3.63. The van der Waals surface area contributed by atoms with E-state index in [2.05, 4.69) is 9.38 Å². The van der Waals surface area contributed by atoms with Gasteiger partial charge >= 0.3 is 0 Å². The minimum atomic E-state index is -3.63. The monoisotopic (exact) mass is 224 g/mol. The summed E-state index contributed by atoms with van der Waals surface area (Å²) in [4.78, 5) is 3.98. The normalized spacial score (nSPS) is 24.0. The number of sulfonamides is 1. The van der Waals surface area contributed by atoms with E-state index in [-0.39, 0.29) is 10.8 Å². The van der Waals surface area contributed by atoms with Crippen LogP contribution >= 0.6 is 0 Å². The Morgan fingerprint density at radius 1 is 1.40 bits per heavy atom. The Balaban J connectivity index is 2.25. The summed E-state index contributed by atoms with van der Waals surface area (Å²) in [5.74, 6) is 0.160. The van der Waals surface area contributed by atoms with Crippen molar-refractivity contribution in [2.45, 2.75) is 23.3 Å². The molecule has 1 saturated carbocycles. The van der Waals surface area contributed by atoms with Crippen LogP contribution < -0.4 is 4.74 Å². The molecule has 0 atom stereocenters. The largest absolute Gasteiger partial charge is 0.464 e. The molecule has 1 aliphatic carbocycles. The number of pyridine rings is 1. The van der Waals surface area contributed by atoms with Crippen molar-refractivity contribution in [1.29, 1.82) is 0 Å². The van der Waals surface area contributed by atoms with Crippen LogP contribution in [0.2, 0.25) is 0 Å². The first-order chi connectivity index (χ1) is 7.11. The van der Waals surface area contributed by atoms with Gasteiger partial charge in [0.25, 0.3) is 10.0 Å². The highest BCUT2D eigenvalue weighted by molar-refractivity contribution is 7.90. The molecular formula is C9H8N2O3S. The van der Waals surface area contributed by atoms with E-state index in [4.69, 9.17) is 4.74 Å². The molecule has 0 amide bonds. The van der Waals surface area contributed by atoms with Crippen molar-refractivity contribution in [3.05, 3.63) is 18.3 Å². The molecule has 1 aliphatic heterocycles. The Morgan fingerprint density at radius 2 is 2.20 bits per heavy atom. The minimum absolute atomic E-state index is 0.0463. The predicted octanol–water partition coefficient (Wildman–Crippen LogP) is 0.766. The maximum absolute atomic E-state index is 11.7. The third kappa shape index (κ3) is 1.32. The smallest absolute Gasteiger partial charge is 0.287 e. The van der Waals surface area contributed by atoms with E-state index in [0.717, 1.165) is 12.8 Å². The third-order valence-corrected chi connectivity index (χ3v) is 3.73. The number of rotatable bonds is 0. The van der Waals surface area contributed by atoms with E-state index in [0.29, 0.717) is 0 Å². The van der Waals surface area contributed by atoms with E-state index < -0.39 is 15.6 Å².